The number of ketones is 1. The lowest BCUT2D eigenvalue weighted by Crippen LogP contribution is -2.34. The molecule has 2 amide bonds. The summed E-state index contributed by atoms with van der Waals surface area (Å²) in [6.07, 6.45) is 1.09. The largest absolute Gasteiger partial charge is 0.442 e. The van der Waals surface area contributed by atoms with Crippen LogP contribution in [-0.4, -0.2) is 39.8 Å². The van der Waals surface area contributed by atoms with E-state index in [4.69, 9.17) is 4.74 Å². The molecule has 2 aromatic carbocycles. The second kappa shape index (κ2) is 8.09. The van der Waals surface area contributed by atoms with E-state index in [0.717, 1.165) is 21.9 Å². The van der Waals surface area contributed by atoms with Crippen LogP contribution < -0.4 is 0 Å². The Labute approximate surface area is 196 Å². The molecule has 0 radical (unpaired) electrons. The number of ether oxygens (including phenoxy) is 1. The minimum atomic E-state index is -0.594. The minimum absolute atomic E-state index is 0.0570. The van der Waals surface area contributed by atoms with Crippen molar-refractivity contribution in [1.29, 1.82) is 0 Å². The van der Waals surface area contributed by atoms with E-state index in [-0.39, 0.29) is 17.7 Å². The highest BCUT2D eigenvalue weighted by molar-refractivity contribution is 6.21. The van der Waals surface area contributed by atoms with E-state index in [9.17, 15) is 19.2 Å². The van der Waals surface area contributed by atoms with Crippen molar-refractivity contribution in [2.75, 3.05) is 6.73 Å². The number of carbonyl (C=O) groups excluding carboxylic acids is 4. The number of carbonyl (C=O) groups is 4. The van der Waals surface area contributed by atoms with Crippen LogP contribution in [0.4, 0.5) is 0 Å². The first-order valence-corrected chi connectivity index (χ1v) is 11.2. The zero-order valence-electron chi connectivity index (χ0n) is 19.0. The number of hydrogen-bond acceptors (Lipinski definition) is 5. The molecule has 1 aliphatic heterocycles. The molecular weight excluding hydrogens is 432 g/mol. The standard InChI is InChI=1S/C27H24N2O5/c1-27(2)13-22-20(23(30)14-27)12-21(17-8-4-3-5-9-17)28(22)15-24(31)34-16-29-25(32)18-10-6-7-11-19(18)26(29)33/h3-12H,13-16H2,1-2H3. The molecule has 2 aliphatic rings. The lowest BCUT2D eigenvalue weighted by molar-refractivity contribution is -0.147. The number of aromatic nitrogens is 1. The van der Waals surface area contributed by atoms with Crippen LogP contribution in [0.5, 0.6) is 0 Å². The van der Waals surface area contributed by atoms with Gasteiger partial charge in [-0.05, 0) is 35.6 Å². The summed E-state index contributed by atoms with van der Waals surface area (Å²) >= 11 is 0. The molecule has 0 saturated carbocycles. The number of benzene rings is 2. The third-order valence-electron chi connectivity index (χ3n) is 6.38. The molecule has 1 aliphatic carbocycles. The third-order valence-corrected chi connectivity index (χ3v) is 6.38. The fraction of sp³-hybridized carbons (Fsp3) is 0.259. The Balaban J connectivity index is 1.40. The van der Waals surface area contributed by atoms with Crippen LogP contribution in [0, 0.1) is 5.41 Å². The topological polar surface area (TPSA) is 85.7 Å². The molecule has 2 heterocycles. The molecule has 1 aromatic heterocycles. The Morgan fingerprint density at radius 3 is 2.15 bits per heavy atom. The van der Waals surface area contributed by atoms with Gasteiger partial charge < -0.3 is 9.30 Å². The van der Waals surface area contributed by atoms with Crippen molar-refractivity contribution in [3.8, 4) is 11.3 Å². The van der Waals surface area contributed by atoms with Crippen molar-refractivity contribution in [1.82, 2.24) is 9.47 Å². The molecule has 0 spiro atoms. The smallest absolute Gasteiger partial charge is 0.327 e. The van der Waals surface area contributed by atoms with Gasteiger partial charge in [-0.25, -0.2) is 4.90 Å². The normalized spacial score (nSPS) is 16.4. The number of nitrogens with zero attached hydrogens (tertiary/aromatic N) is 2. The summed E-state index contributed by atoms with van der Waals surface area (Å²) in [5.74, 6) is -1.50. The maximum Gasteiger partial charge on any atom is 0.327 e. The zero-order chi connectivity index (χ0) is 24.0. The van der Waals surface area contributed by atoms with E-state index >= 15 is 0 Å². The lowest BCUT2D eigenvalue weighted by Gasteiger charge is -2.29. The van der Waals surface area contributed by atoms with Crippen LogP contribution in [0.2, 0.25) is 0 Å². The Morgan fingerprint density at radius 1 is 0.882 bits per heavy atom. The molecule has 0 N–H and O–H groups in total. The second-order valence-electron chi connectivity index (χ2n) is 9.51. The minimum Gasteiger partial charge on any atom is -0.442 e. The summed E-state index contributed by atoms with van der Waals surface area (Å²) in [4.78, 5) is 51.8. The van der Waals surface area contributed by atoms with E-state index in [1.807, 2.05) is 54.8 Å². The van der Waals surface area contributed by atoms with Crippen LogP contribution in [-0.2, 0) is 22.5 Å². The lowest BCUT2D eigenvalue weighted by atomic mass is 9.76. The number of amides is 2. The summed E-state index contributed by atoms with van der Waals surface area (Å²) < 4.78 is 7.20. The first-order valence-electron chi connectivity index (χ1n) is 11.2. The monoisotopic (exact) mass is 456 g/mol. The second-order valence-corrected chi connectivity index (χ2v) is 9.51. The van der Waals surface area contributed by atoms with Gasteiger partial charge in [0.25, 0.3) is 11.8 Å². The van der Waals surface area contributed by atoms with E-state index in [0.29, 0.717) is 29.5 Å². The van der Waals surface area contributed by atoms with Crippen LogP contribution in [0.1, 0.15) is 57.0 Å². The van der Waals surface area contributed by atoms with Gasteiger partial charge in [0, 0.05) is 23.4 Å². The van der Waals surface area contributed by atoms with Gasteiger partial charge in [-0.3, -0.25) is 19.2 Å². The molecule has 7 heteroatoms. The fourth-order valence-corrected chi connectivity index (χ4v) is 4.76. The van der Waals surface area contributed by atoms with Crippen molar-refractivity contribution >= 4 is 23.6 Å². The van der Waals surface area contributed by atoms with Crippen molar-refractivity contribution < 1.29 is 23.9 Å². The van der Waals surface area contributed by atoms with E-state index in [1.54, 1.807) is 24.3 Å². The van der Waals surface area contributed by atoms with E-state index < -0.39 is 24.5 Å². The molecule has 0 atom stereocenters. The SMILES string of the molecule is CC1(C)CC(=O)c2cc(-c3ccccc3)n(CC(=O)OCN3C(=O)c4ccccc4C3=O)c2C1. The van der Waals surface area contributed by atoms with Crippen LogP contribution in [0.25, 0.3) is 11.3 Å². The Bertz CT molecular complexity index is 1300. The number of fused-ring (bicyclic) bond motifs is 2. The van der Waals surface area contributed by atoms with Gasteiger partial charge in [-0.2, -0.15) is 0 Å². The van der Waals surface area contributed by atoms with Crippen molar-refractivity contribution in [3.63, 3.8) is 0 Å². The molecule has 5 rings (SSSR count). The van der Waals surface area contributed by atoms with Gasteiger partial charge in [0.05, 0.1) is 11.1 Å². The molecule has 0 fully saturated rings. The molecule has 3 aromatic rings. The van der Waals surface area contributed by atoms with Gasteiger partial charge in [0.1, 0.15) is 6.54 Å². The summed E-state index contributed by atoms with van der Waals surface area (Å²) in [6, 6.07) is 17.9. The highest BCUT2D eigenvalue weighted by atomic mass is 16.5. The highest BCUT2D eigenvalue weighted by Crippen LogP contribution is 2.38. The van der Waals surface area contributed by atoms with Crippen molar-refractivity contribution in [2.45, 2.75) is 33.2 Å². The summed E-state index contributed by atoms with van der Waals surface area (Å²) in [5, 5.41) is 0. The number of esters is 1. The molecule has 34 heavy (non-hydrogen) atoms. The Morgan fingerprint density at radius 2 is 1.50 bits per heavy atom. The van der Waals surface area contributed by atoms with E-state index in [1.165, 1.54) is 0 Å². The molecule has 172 valence electrons. The third kappa shape index (κ3) is 3.73. The molecule has 7 nitrogen and oxygen atoms in total. The van der Waals surface area contributed by atoms with Crippen molar-refractivity contribution in [2.24, 2.45) is 5.41 Å². The number of Topliss-reactive ketones (excluding diaryl/α,β-unsaturated/α-hetero) is 1. The van der Waals surface area contributed by atoms with Crippen LogP contribution >= 0.6 is 0 Å². The fourth-order valence-electron chi connectivity index (χ4n) is 4.76. The predicted molar refractivity (Wildman–Crippen MR) is 124 cm³/mol. The first kappa shape index (κ1) is 21.8. The van der Waals surface area contributed by atoms with Gasteiger partial charge in [0.2, 0.25) is 0 Å². The molecular formula is C27H24N2O5. The zero-order valence-corrected chi connectivity index (χ0v) is 19.0. The van der Waals surface area contributed by atoms with Crippen LogP contribution in [0.3, 0.4) is 0 Å². The average Bonchev–Trinajstić information content (AvgIpc) is 3.28. The maximum atomic E-state index is 12.9. The number of hydrogen-bond donors (Lipinski definition) is 0. The summed E-state index contributed by atoms with van der Waals surface area (Å²) in [7, 11) is 0. The average molecular weight is 456 g/mol. The Hall–Kier alpha value is -4.00. The van der Waals surface area contributed by atoms with Gasteiger partial charge >= 0.3 is 5.97 Å². The van der Waals surface area contributed by atoms with Gasteiger partial charge in [0.15, 0.2) is 12.5 Å². The number of rotatable bonds is 5. The van der Waals surface area contributed by atoms with Crippen LogP contribution in [0.15, 0.2) is 60.7 Å². The van der Waals surface area contributed by atoms with Gasteiger partial charge in [-0.15, -0.1) is 0 Å². The summed E-state index contributed by atoms with van der Waals surface area (Å²) in [6.45, 7) is 3.48. The number of imide groups is 1. The first-order chi connectivity index (χ1) is 16.2. The Kier molecular flexibility index (Phi) is 5.20. The quantitative estimate of drug-likeness (QED) is 0.426. The van der Waals surface area contributed by atoms with Crippen molar-refractivity contribution in [3.05, 3.63) is 83.0 Å². The highest BCUT2D eigenvalue weighted by Gasteiger charge is 2.37. The molecule has 0 bridgehead atoms. The predicted octanol–water partition coefficient (Wildman–Crippen LogP) is 4.11. The van der Waals surface area contributed by atoms with E-state index in [2.05, 4.69) is 0 Å². The van der Waals surface area contributed by atoms with Gasteiger partial charge in [-0.1, -0.05) is 56.3 Å². The maximum absolute atomic E-state index is 12.9. The molecule has 0 saturated heterocycles. The molecule has 0 unspecified atom stereocenters. The summed E-state index contributed by atoms with van der Waals surface area (Å²) in [5.41, 5.74) is 3.46.